The fourth-order valence-electron chi connectivity index (χ4n) is 7.83. The molecule has 4 N–H and O–H groups in total. The molecule has 0 radical (unpaired) electrons. The molecular weight excluding hydrogens is 683 g/mol. The van der Waals surface area contributed by atoms with Crippen molar-refractivity contribution in [2.24, 2.45) is 7.05 Å². The third kappa shape index (κ3) is 7.73. The molecule has 0 bridgehead atoms. The summed E-state index contributed by atoms with van der Waals surface area (Å²) in [6, 6.07) is 8.46. The van der Waals surface area contributed by atoms with Gasteiger partial charge in [0, 0.05) is 62.6 Å². The molecule has 53 heavy (non-hydrogen) atoms. The Kier molecular flexibility index (Phi) is 10.7. The smallest absolute Gasteiger partial charge is 0.276 e. The molecular formula is C38H47FN8O6. The number of methoxy groups -OCH3 is 2. The molecule has 3 fully saturated rings. The summed E-state index contributed by atoms with van der Waals surface area (Å²) >= 11 is 0. The number of piperidine rings is 2. The number of nitrogens with zero attached hydrogens (tertiary/aromatic N) is 5. The molecule has 2 atom stereocenters. The average molecular weight is 731 g/mol. The zero-order chi connectivity index (χ0) is 37.2. The molecule has 14 nitrogen and oxygen atoms in total. The Bertz CT molecular complexity index is 2010. The van der Waals surface area contributed by atoms with E-state index in [1.807, 2.05) is 23.1 Å². The van der Waals surface area contributed by atoms with Crippen LogP contribution in [0.25, 0.3) is 22.0 Å². The highest BCUT2D eigenvalue weighted by Gasteiger charge is 2.30. The number of rotatable bonds is 10. The van der Waals surface area contributed by atoms with Crippen LogP contribution in [0.2, 0.25) is 0 Å². The lowest BCUT2D eigenvalue weighted by Crippen LogP contribution is -2.51. The van der Waals surface area contributed by atoms with Crippen LogP contribution in [0.15, 0.2) is 47.5 Å². The number of benzene rings is 2. The summed E-state index contributed by atoms with van der Waals surface area (Å²) < 4.78 is 28.5. The van der Waals surface area contributed by atoms with Crippen molar-refractivity contribution < 1.29 is 28.6 Å². The largest absolute Gasteiger partial charge is 0.496 e. The number of halogens is 1. The Morgan fingerprint density at radius 3 is 2.36 bits per heavy atom. The van der Waals surface area contributed by atoms with Crippen molar-refractivity contribution in [3.8, 4) is 22.6 Å². The fourth-order valence-corrected chi connectivity index (χ4v) is 7.83. The zero-order valence-corrected chi connectivity index (χ0v) is 30.4. The van der Waals surface area contributed by atoms with Crippen LogP contribution >= 0.6 is 0 Å². The summed E-state index contributed by atoms with van der Waals surface area (Å²) in [5.41, 5.74) is 4.07. The number of nitrogens with one attached hydrogen (secondary N) is 3. The Hall–Kier alpha value is -4.99. The quantitative estimate of drug-likeness (QED) is 0.191. The topological polar surface area (TPSA) is 157 Å². The Morgan fingerprint density at radius 2 is 1.70 bits per heavy atom. The lowest BCUT2D eigenvalue weighted by Gasteiger charge is -2.37. The van der Waals surface area contributed by atoms with Gasteiger partial charge in [0.25, 0.3) is 5.56 Å². The second-order valence-electron chi connectivity index (χ2n) is 14.2. The first kappa shape index (κ1) is 36.4. The van der Waals surface area contributed by atoms with E-state index in [-0.39, 0.29) is 29.1 Å². The van der Waals surface area contributed by atoms with Crippen LogP contribution in [0, 0.1) is 5.82 Å². The highest BCUT2D eigenvalue weighted by atomic mass is 19.1. The van der Waals surface area contributed by atoms with E-state index >= 15 is 4.39 Å². The first-order valence-electron chi connectivity index (χ1n) is 18.2. The van der Waals surface area contributed by atoms with Crippen molar-refractivity contribution in [1.29, 1.82) is 0 Å². The molecule has 2 aromatic carbocycles. The van der Waals surface area contributed by atoms with Crippen LogP contribution in [-0.4, -0.2) is 119 Å². The van der Waals surface area contributed by atoms with E-state index in [1.165, 1.54) is 10.6 Å². The van der Waals surface area contributed by atoms with Gasteiger partial charge < -0.3 is 34.7 Å². The molecule has 2 unspecified atom stereocenters. The van der Waals surface area contributed by atoms with Gasteiger partial charge in [-0.15, -0.1) is 0 Å². The maximum Gasteiger partial charge on any atom is 0.276 e. The third-order valence-corrected chi connectivity index (χ3v) is 10.9. The number of ether oxygens (including phenoxy) is 2. The molecule has 3 saturated heterocycles. The summed E-state index contributed by atoms with van der Waals surface area (Å²) in [6.07, 6.45) is 5.04. The fraction of sp³-hybridized carbons (Fsp3) is 0.474. The number of amides is 2. The highest BCUT2D eigenvalue weighted by Crippen LogP contribution is 2.38. The minimum absolute atomic E-state index is 0.0585. The van der Waals surface area contributed by atoms with Gasteiger partial charge in [-0.3, -0.25) is 29.3 Å². The Labute approximate surface area is 306 Å². The van der Waals surface area contributed by atoms with Gasteiger partial charge in [0.2, 0.25) is 11.8 Å². The number of aryl methyl sites for hydroxylation is 1. The third-order valence-electron chi connectivity index (χ3n) is 10.9. The predicted molar refractivity (Wildman–Crippen MR) is 197 cm³/mol. The van der Waals surface area contributed by atoms with Crippen molar-refractivity contribution in [3.63, 3.8) is 0 Å². The number of likely N-dealkylation sites (tertiary alicyclic amines) is 1. The molecule has 0 aliphatic carbocycles. The second kappa shape index (κ2) is 15.5. The number of aromatic amines is 1. The summed E-state index contributed by atoms with van der Waals surface area (Å²) in [5.74, 6) is 0.917. The van der Waals surface area contributed by atoms with E-state index in [1.54, 1.807) is 39.7 Å². The van der Waals surface area contributed by atoms with Gasteiger partial charge in [-0.2, -0.15) is 5.10 Å². The number of carbonyl (C=O) groups is 2. The molecule has 0 saturated carbocycles. The number of carbonyl (C=O) groups excluding carboxylic acids is 2. The van der Waals surface area contributed by atoms with Gasteiger partial charge in [-0.25, -0.2) is 4.39 Å². The number of fused-ring (bicyclic) bond motifs is 1. The number of hydrogen-bond donors (Lipinski definition) is 4. The SMILES string of the molecule is COc1cc(-c2cn(C)c(=O)c3[nH]ncc23)cc(OC)c1CN1CCN(C(=O)CN2CCC(c3ccc(NC4CCC(O)NC4=O)cc3F)CC2)CC1. The molecule has 0 spiro atoms. The van der Waals surface area contributed by atoms with E-state index < -0.39 is 12.3 Å². The van der Waals surface area contributed by atoms with E-state index in [2.05, 4.69) is 30.6 Å². The van der Waals surface area contributed by atoms with Gasteiger partial charge in [0.15, 0.2) is 0 Å². The molecule has 2 aromatic heterocycles. The predicted octanol–water partition coefficient (Wildman–Crippen LogP) is 2.62. The zero-order valence-electron chi connectivity index (χ0n) is 30.4. The standard InChI is InChI=1S/C38H47FN8O6/c1-44-20-28(27-19-40-43-36(27)38(44)51)24-16-32(52-2)29(33(17-24)53-3)21-46-12-14-47(15-13-46)35(49)22-45-10-8-23(9-11-45)26-5-4-25(18-30(26)39)41-31-6-7-34(48)42-37(31)50/h4-5,16-20,23,31,34,41,48H,6-15,21-22H2,1-3H3,(H,40,43)(H,42,50). The van der Waals surface area contributed by atoms with Crippen LogP contribution < -0.4 is 25.7 Å². The molecule has 282 valence electrons. The Morgan fingerprint density at radius 1 is 0.981 bits per heavy atom. The number of anilines is 1. The first-order chi connectivity index (χ1) is 25.6. The minimum Gasteiger partial charge on any atom is -0.496 e. The highest BCUT2D eigenvalue weighted by molar-refractivity contribution is 5.94. The van der Waals surface area contributed by atoms with Crippen molar-refractivity contribution in [3.05, 3.63) is 70.0 Å². The van der Waals surface area contributed by atoms with Crippen LogP contribution in [0.4, 0.5) is 10.1 Å². The number of aliphatic hydroxyl groups is 1. The number of piperazine rings is 1. The molecule has 15 heteroatoms. The summed E-state index contributed by atoms with van der Waals surface area (Å²) in [7, 11) is 4.98. The van der Waals surface area contributed by atoms with Crippen LogP contribution in [0.1, 0.15) is 42.7 Å². The van der Waals surface area contributed by atoms with Gasteiger partial charge in [0.05, 0.1) is 32.5 Å². The maximum absolute atomic E-state index is 15.2. The molecule has 7 rings (SSSR count). The number of aromatic nitrogens is 3. The van der Waals surface area contributed by atoms with Crippen LogP contribution in [0.3, 0.4) is 0 Å². The van der Waals surface area contributed by atoms with Crippen LogP contribution in [0.5, 0.6) is 11.5 Å². The van der Waals surface area contributed by atoms with E-state index in [0.29, 0.717) is 93.5 Å². The van der Waals surface area contributed by atoms with E-state index in [9.17, 15) is 19.5 Å². The van der Waals surface area contributed by atoms with E-state index in [4.69, 9.17) is 9.47 Å². The molecule has 4 aromatic rings. The number of pyridine rings is 1. The minimum atomic E-state index is -0.834. The maximum atomic E-state index is 15.2. The lowest BCUT2D eigenvalue weighted by atomic mass is 9.89. The summed E-state index contributed by atoms with van der Waals surface area (Å²) in [5, 5.41) is 22.8. The monoisotopic (exact) mass is 730 g/mol. The summed E-state index contributed by atoms with van der Waals surface area (Å²) in [4.78, 5) is 44.5. The first-order valence-corrected chi connectivity index (χ1v) is 18.2. The Balaban J connectivity index is 0.908. The average Bonchev–Trinajstić information content (AvgIpc) is 3.66. The number of aliphatic hydroxyl groups excluding tert-OH is 1. The van der Waals surface area contributed by atoms with Crippen molar-refractivity contribution in [2.45, 2.75) is 50.4 Å². The molecule has 3 aliphatic heterocycles. The van der Waals surface area contributed by atoms with Crippen molar-refractivity contribution in [2.75, 3.05) is 65.3 Å². The summed E-state index contributed by atoms with van der Waals surface area (Å²) in [6.45, 7) is 4.99. The number of H-pyrrole nitrogens is 1. The van der Waals surface area contributed by atoms with Gasteiger partial charge in [-0.05, 0) is 80.1 Å². The van der Waals surface area contributed by atoms with E-state index in [0.717, 1.165) is 34.9 Å². The van der Waals surface area contributed by atoms with Crippen molar-refractivity contribution in [1.82, 2.24) is 34.8 Å². The number of hydrogen-bond acceptors (Lipinski definition) is 10. The van der Waals surface area contributed by atoms with Crippen LogP contribution in [-0.2, 0) is 23.2 Å². The normalized spacial score (nSPS) is 20.4. The van der Waals surface area contributed by atoms with Gasteiger partial charge in [0.1, 0.15) is 35.1 Å². The van der Waals surface area contributed by atoms with Crippen molar-refractivity contribution >= 4 is 28.4 Å². The molecule has 2 amide bonds. The van der Waals surface area contributed by atoms with Gasteiger partial charge >= 0.3 is 0 Å². The lowest BCUT2D eigenvalue weighted by molar-refractivity contribution is -0.134. The molecule has 5 heterocycles. The molecule has 3 aliphatic rings. The second-order valence-corrected chi connectivity index (χ2v) is 14.2. The van der Waals surface area contributed by atoms with Gasteiger partial charge in [-0.1, -0.05) is 6.07 Å².